The summed E-state index contributed by atoms with van der Waals surface area (Å²) in [5.74, 6) is -1.63. The molecule has 2 amide bonds. The summed E-state index contributed by atoms with van der Waals surface area (Å²) in [6.45, 7) is 0. The van der Waals surface area contributed by atoms with Crippen LogP contribution >= 0.6 is 11.8 Å². The summed E-state index contributed by atoms with van der Waals surface area (Å²) < 4.78 is 52.7. The number of nitrogens with zero attached hydrogens (tertiary/aromatic N) is 1. The Morgan fingerprint density at radius 2 is 1.93 bits per heavy atom. The lowest BCUT2D eigenvalue weighted by Crippen LogP contribution is -2.44. The van der Waals surface area contributed by atoms with E-state index in [-0.39, 0.29) is 17.5 Å². The van der Waals surface area contributed by atoms with Crippen LogP contribution < -0.4 is 5.32 Å². The highest BCUT2D eigenvalue weighted by Gasteiger charge is 2.37. The molecule has 1 unspecified atom stereocenters. The molecule has 2 aromatic carbocycles. The van der Waals surface area contributed by atoms with Crippen molar-refractivity contribution in [2.24, 2.45) is 0 Å². The smallest absolute Gasteiger partial charge is 0.360 e. The van der Waals surface area contributed by atoms with Crippen LogP contribution in [0.25, 0.3) is 10.9 Å². The summed E-state index contributed by atoms with van der Waals surface area (Å²) in [4.78, 5) is 30.1. The maximum Gasteiger partial charge on any atom is 0.416 e. The fraction of sp³-hybridized carbons (Fsp3) is 0.200. The quantitative estimate of drug-likeness (QED) is 0.594. The van der Waals surface area contributed by atoms with Gasteiger partial charge in [-0.3, -0.25) is 9.59 Å². The molecule has 10 heteroatoms. The van der Waals surface area contributed by atoms with Gasteiger partial charge in [-0.15, -0.1) is 11.8 Å². The summed E-state index contributed by atoms with van der Waals surface area (Å²) in [5.41, 5.74) is -0.506. The van der Waals surface area contributed by atoms with E-state index in [0.717, 1.165) is 5.52 Å². The van der Waals surface area contributed by atoms with Crippen LogP contribution in [0.15, 0.2) is 48.7 Å². The third-order valence-corrected chi connectivity index (χ3v) is 5.83. The Bertz CT molecular complexity index is 1130. The fourth-order valence-electron chi connectivity index (χ4n) is 3.28. The second-order valence-corrected chi connectivity index (χ2v) is 7.72. The second-order valence-electron chi connectivity index (χ2n) is 6.72. The molecule has 1 atom stereocenters. The minimum Gasteiger partial charge on any atom is -0.360 e. The first-order valence-corrected chi connectivity index (χ1v) is 10.0. The van der Waals surface area contributed by atoms with Gasteiger partial charge >= 0.3 is 6.18 Å². The zero-order chi connectivity index (χ0) is 21.5. The zero-order valence-electron chi connectivity index (χ0n) is 15.3. The van der Waals surface area contributed by atoms with E-state index < -0.39 is 35.2 Å². The number of anilines is 1. The summed E-state index contributed by atoms with van der Waals surface area (Å²) >= 11 is 1.33. The number of thioether (sulfide) groups is 1. The second kappa shape index (κ2) is 7.67. The van der Waals surface area contributed by atoms with E-state index in [9.17, 15) is 27.2 Å². The first-order valence-electron chi connectivity index (χ1n) is 8.88. The number of halogens is 4. The standard InChI is InChI=1S/C20H15F4N3O2S/c21-14-6-5-11(20(22,23)24)7-16(14)26-18(28)17-9-30-10-27(17)19(29)13-8-25-15-4-2-1-3-12(13)15/h1-8,17,25H,9-10H2,(H,26,28). The molecule has 156 valence electrons. The van der Waals surface area contributed by atoms with Crippen molar-refractivity contribution < 1.29 is 27.2 Å². The third kappa shape index (κ3) is 3.74. The number of alkyl halides is 3. The van der Waals surface area contributed by atoms with Gasteiger partial charge in [-0.1, -0.05) is 18.2 Å². The highest BCUT2D eigenvalue weighted by atomic mass is 32.2. The molecule has 1 aliphatic rings. The van der Waals surface area contributed by atoms with E-state index in [1.54, 1.807) is 18.3 Å². The number of aromatic nitrogens is 1. The maximum absolute atomic E-state index is 14.0. The molecule has 4 rings (SSSR count). The number of rotatable bonds is 3. The molecular weight excluding hydrogens is 422 g/mol. The van der Waals surface area contributed by atoms with Crippen LogP contribution in [0.4, 0.5) is 23.2 Å². The van der Waals surface area contributed by atoms with Gasteiger partial charge in [0.1, 0.15) is 11.9 Å². The van der Waals surface area contributed by atoms with Gasteiger partial charge in [-0.05, 0) is 24.3 Å². The summed E-state index contributed by atoms with van der Waals surface area (Å²) in [7, 11) is 0. The van der Waals surface area contributed by atoms with Crippen LogP contribution in [0.5, 0.6) is 0 Å². The molecule has 0 spiro atoms. The molecule has 3 aromatic rings. The van der Waals surface area contributed by atoms with Crippen molar-refractivity contribution in [3.05, 3.63) is 65.6 Å². The SMILES string of the molecule is O=C(Nc1cc(C(F)(F)F)ccc1F)C1CSCN1C(=O)c1c[nH]c2ccccc12. The van der Waals surface area contributed by atoms with E-state index in [4.69, 9.17) is 0 Å². The van der Waals surface area contributed by atoms with E-state index in [1.807, 2.05) is 12.1 Å². The summed E-state index contributed by atoms with van der Waals surface area (Å²) in [6, 6.07) is 8.04. The minimum atomic E-state index is -4.67. The number of aromatic amines is 1. The number of amides is 2. The van der Waals surface area contributed by atoms with Crippen LogP contribution in [0.1, 0.15) is 15.9 Å². The maximum atomic E-state index is 14.0. The molecule has 2 N–H and O–H groups in total. The number of carbonyl (C=O) groups is 2. The van der Waals surface area contributed by atoms with Crippen LogP contribution in [-0.4, -0.2) is 39.4 Å². The van der Waals surface area contributed by atoms with E-state index in [1.165, 1.54) is 16.7 Å². The molecule has 1 aliphatic heterocycles. The highest BCUT2D eigenvalue weighted by molar-refractivity contribution is 7.99. The minimum absolute atomic E-state index is 0.238. The van der Waals surface area contributed by atoms with Gasteiger partial charge in [0.2, 0.25) is 5.91 Å². The van der Waals surface area contributed by atoms with Crippen LogP contribution in [0, 0.1) is 5.82 Å². The van der Waals surface area contributed by atoms with Crippen molar-refractivity contribution in [3.8, 4) is 0 Å². The Hall–Kier alpha value is -3.01. The van der Waals surface area contributed by atoms with Gasteiger partial charge in [-0.25, -0.2) is 4.39 Å². The molecule has 1 aromatic heterocycles. The Labute approximate surface area is 172 Å². The lowest BCUT2D eigenvalue weighted by molar-refractivity contribution is -0.137. The topological polar surface area (TPSA) is 65.2 Å². The lowest BCUT2D eigenvalue weighted by atomic mass is 10.1. The molecular formula is C20H15F4N3O2S. The fourth-order valence-corrected chi connectivity index (χ4v) is 4.43. The van der Waals surface area contributed by atoms with Gasteiger partial charge in [0.25, 0.3) is 5.91 Å². The Balaban J connectivity index is 1.57. The molecule has 30 heavy (non-hydrogen) atoms. The van der Waals surface area contributed by atoms with Crippen molar-refractivity contribution in [1.29, 1.82) is 0 Å². The van der Waals surface area contributed by atoms with Crippen molar-refractivity contribution in [2.45, 2.75) is 12.2 Å². The molecule has 2 heterocycles. The van der Waals surface area contributed by atoms with Crippen molar-refractivity contribution in [2.75, 3.05) is 16.9 Å². The number of para-hydroxylation sites is 1. The van der Waals surface area contributed by atoms with Crippen molar-refractivity contribution in [1.82, 2.24) is 9.88 Å². The Kier molecular flexibility index (Phi) is 5.19. The predicted octanol–water partition coefficient (Wildman–Crippen LogP) is 4.48. The zero-order valence-corrected chi connectivity index (χ0v) is 16.1. The number of carbonyl (C=O) groups excluding carboxylic acids is 2. The van der Waals surface area contributed by atoms with Crippen LogP contribution in [0.3, 0.4) is 0 Å². The van der Waals surface area contributed by atoms with Crippen LogP contribution in [0.2, 0.25) is 0 Å². The normalized spacial score (nSPS) is 16.8. The largest absolute Gasteiger partial charge is 0.416 e. The van der Waals surface area contributed by atoms with E-state index >= 15 is 0 Å². The molecule has 0 bridgehead atoms. The monoisotopic (exact) mass is 437 g/mol. The number of nitrogens with one attached hydrogen (secondary N) is 2. The predicted molar refractivity (Wildman–Crippen MR) is 106 cm³/mol. The summed E-state index contributed by atoms with van der Waals surface area (Å²) in [5, 5.41) is 2.90. The van der Waals surface area contributed by atoms with Crippen molar-refractivity contribution in [3.63, 3.8) is 0 Å². The van der Waals surface area contributed by atoms with Crippen molar-refractivity contribution >= 4 is 40.2 Å². The Morgan fingerprint density at radius 1 is 1.17 bits per heavy atom. The molecule has 0 saturated carbocycles. The van der Waals surface area contributed by atoms with Gasteiger partial charge in [0, 0.05) is 22.9 Å². The van der Waals surface area contributed by atoms with Gasteiger partial charge < -0.3 is 15.2 Å². The van der Waals surface area contributed by atoms with E-state index in [2.05, 4.69) is 10.3 Å². The number of fused-ring (bicyclic) bond motifs is 1. The van der Waals surface area contributed by atoms with Gasteiger partial charge in [-0.2, -0.15) is 13.2 Å². The number of hydrogen-bond donors (Lipinski definition) is 2. The summed E-state index contributed by atoms with van der Waals surface area (Å²) in [6.07, 6.45) is -3.12. The average molecular weight is 437 g/mol. The molecule has 5 nitrogen and oxygen atoms in total. The number of H-pyrrole nitrogens is 1. The van der Waals surface area contributed by atoms with Gasteiger partial charge in [0.15, 0.2) is 0 Å². The third-order valence-electron chi connectivity index (χ3n) is 4.82. The number of hydrogen-bond acceptors (Lipinski definition) is 3. The molecule has 0 aliphatic carbocycles. The molecule has 1 fully saturated rings. The molecule has 1 saturated heterocycles. The van der Waals surface area contributed by atoms with E-state index in [0.29, 0.717) is 29.1 Å². The van der Waals surface area contributed by atoms with Gasteiger partial charge in [0.05, 0.1) is 22.7 Å². The highest BCUT2D eigenvalue weighted by Crippen LogP contribution is 2.32. The first-order chi connectivity index (χ1) is 14.3. The molecule has 0 radical (unpaired) electrons. The Morgan fingerprint density at radius 3 is 2.70 bits per heavy atom. The lowest BCUT2D eigenvalue weighted by Gasteiger charge is -2.23. The number of benzene rings is 2. The average Bonchev–Trinajstić information content (AvgIpc) is 3.35. The van der Waals surface area contributed by atoms with Crippen LogP contribution in [-0.2, 0) is 11.0 Å². The first kappa shape index (κ1) is 20.3.